The van der Waals surface area contributed by atoms with Gasteiger partial charge >= 0.3 is 23.9 Å². The van der Waals surface area contributed by atoms with Crippen LogP contribution in [-0.2, 0) is 54.2 Å². The molecule has 34 heavy (non-hydrogen) atoms. The number of pyridine rings is 1. The van der Waals surface area contributed by atoms with Crippen LogP contribution in [0.25, 0.3) is 6.08 Å². The largest absolute Gasteiger partial charge is 0.463 e. The molecule has 0 N–H and O–H groups in total. The van der Waals surface area contributed by atoms with E-state index in [1.54, 1.807) is 31.3 Å². The predicted molar refractivity (Wildman–Crippen MR) is 118 cm³/mol. The van der Waals surface area contributed by atoms with Crippen molar-refractivity contribution in [3.8, 4) is 0 Å². The van der Waals surface area contributed by atoms with Crippen LogP contribution >= 0.6 is 0 Å². The summed E-state index contributed by atoms with van der Waals surface area (Å²) in [4.78, 5) is 50.0. The van der Waals surface area contributed by atoms with Gasteiger partial charge in [-0.25, -0.2) is 0 Å². The quantitative estimate of drug-likeness (QED) is 0.219. The maximum absolute atomic E-state index is 11.6. The number of nitrogens with zero attached hydrogens (tertiary/aromatic N) is 1. The molecular formula is C23H31NO10. The van der Waals surface area contributed by atoms with Crippen LogP contribution in [0.2, 0.25) is 0 Å². The summed E-state index contributed by atoms with van der Waals surface area (Å²) in [6, 6.07) is 3.52. The summed E-state index contributed by atoms with van der Waals surface area (Å²) in [6.07, 6.45) is -1.13. The van der Waals surface area contributed by atoms with E-state index in [0.29, 0.717) is 11.3 Å². The lowest BCUT2D eigenvalue weighted by molar-refractivity contribution is -0.250. The maximum atomic E-state index is 11.6. The average Bonchev–Trinajstić information content (AvgIpc) is 2.75. The Hall–Kier alpha value is -3.31. The third kappa shape index (κ3) is 11.5. The van der Waals surface area contributed by atoms with Crippen molar-refractivity contribution in [2.45, 2.75) is 65.8 Å². The Morgan fingerprint density at radius 1 is 0.912 bits per heavy atom. The zero-order valence-corrected chi connectivity index (χ0v) is 20.0. The second-order valence-corrected chi connectivity index (χ2v) is 7.22. The van der Waals surface area contributed by atoms with E-state index in [2.05, 4.69) is 11.6 Å². The fraction of sp³-hybridized carbons (Fsp3) is 0.522. The van der Waals surface area contributed by atoms with Crippen molar-refractivity contribution in [3.05, 3.63) is 36.2 Å². The Balaban J connectivity index is 3.12. The minimum absolute atomic E-state index is 0.0309. The number of rotatable bonds is 14. The molecule has 0 spiro atoms. The zero-order chi connectivity index (χ0) is 25.7. The Kier molecular flexibility index (Phi) is 12.5. The summed E-state index contributed by atoms with van der Waals surface area (Å²) < 4.78 is 32.2. The van der Waals surface area contributed by atoms with Gasteiger partial charge in [0.05, 0.1) is 12.3 Å². The van der Waals surface area contributed by atoms with E-state index in [1.807, 2.05) is 0 Å². The highest BCUT2D eigenvalue weighted by atomic mass is 16.7. The van der Waals surface area contributed by atoms with Gasteiger partial charge in [-0.15, -0.1) is 0 Å². The Bertz CT molecular complexity index is 839. The molecule has 4 atom stereocenters. The van der Waals surface area contributed by atoms with Crippen LogP contribution in [0.15, 0.2) is 24.9 Å². The van der Waals surface area contributed by atoms with E-state index in [1.165, 1.54) is 27.7 Å². The van der Waals surface area contributed by atoms with Gasteiger partial charge in [0.15, 0.2) is 12.4 Å². The van der Waals surface area contributed by atoms with Gasteiger partial charge in [-0.05, 0) is 24.6 Å². The zero-order valence-electron chi connectivity index (χ0n) is 20.0. The van der Waals surface area contributed by atoms with Crippen LogP contribution in [0.1, 0.15) is 45.9 Å². The number of ether oxygens (including phenoxy) is 6. The van der Waals surface area contributed by atoms with Gasteiger partial charge in [0.25, 0.3) is 0 Å². The summed E-state index contributed by atoms with van der Waals surface area (Å²) in [5.74, 6) is -2.47. The van der Waals surface area contributed by atoms with Gasteiger partial charge in [0.2, 0.25) is 0 Å². The summed E-state index contributed by atoms with van der Waals surface area (Å²) in [6.45, 7) is 9.28. The van der Waals surface area contributed by atoms with E-state index < -0.39 is 48.5 Å². The van der Waals surface area contributed by atoms with Crippen LogP contribution in [0.3, 0.4) is 0 Å². The molecule has 0 bridgehead atoms. The molecule has 0 aliphatic rings. The van der Waals surface area contributed by atoms with E-state index in [4.69, 9.17) is 28.4 Å². The first-order valence-corrected chi connectivity index (χ1v) is 10.5. The SMILES string of the molecule is C=Cc1ccc(CO[C@H](OC(COC(C)=O)[C@H](COC(C)=O)OC(C)=O)[C@H](C)OC(C)=O)cn1. The van der Waals surface area contributed by atoms with Crippen molar-refractivity contribution in [1.82, 2.24) is 4.98 Å². The van der Waals surface area contributed by atoms with Crippen molar-refractivity contribution < 1.29 is 47.6 Å². The number of aromatic nitrogens is 1. The highest BCUT2D eigenvalue weighted by Crippen LogP contribution is 2.17. The molecule has 0 radical (unpaired) electrons. The predicted octanol–water partition coefficient (Wildman–Crippen LogP) is 1.96. The van der Waals surface area contributed by atoms with Crippen LogP contribution in [0, 0.1) is 0 Å². The van der Waals surface area contributed by atoms with E-state index in [9.17, 15) is 19.2 Å². The minimum Gasteiger partial charge on any atom is -0.463 e. The lowest BCUT2D eigenvalue weighted by atomic mass is 10.2. The van der Waals surface area contributed by atoms with Crippen molar-refractivity contribution >= 4 is 30.0 Å². The second kappa shape index (κ2) is 14.8. The lowest BCUT2D eigenvalue weighted by Crippen LogP contribution is -2.46. The lowest BCUT2D eigenvalue weighted by Gasteiger charge is -2.32. The fourth-order valence-corrected chi connectivity index (χ4v) is 2.66. The summed E-state index contributed by atoms with van der Waals surface area (Å²) >= 11 is 0. The van der Waals surface area contributed by atoms with Crippen molar-refractivity contribution in [1.29, 1.82) is 0 Å². The van der Waals surface area contributed by atoms with Crippen molar-refractivity contribution in [3.63, 3.8) is 0 Å². The highest BCUT2D eigenvalue weighted by Gasteiger charge is 2.34. The van der Waals surface area contributed by atoms with Crippen LogP contribution in [-0.4, -0.2) is 66.7 Å². The first kappa shape index (κ1) is 28.7. The van der Waals surface area contributed by atoms with Gasteiger partial charge < -0.3 is 28.4 Å². The number of carbonyl (C=O) groups is 4. The van der Waals surface area contributed by atoms with E-state index in [0.717, 1.165) is 0 Å². The summed E-state index contributed by atoms with van der Waals surface area (Å²) in [5, 5.41) is 0. The third-order valence-corrected chi connectivity index (χ3v) is 4.15. The minimum atomic E-state index is -1.17. The number of esters is 4. The molecule has 0 amide bonds. The maximum Gasteiger partial charge on any atom is 0.303 e. The fourth-order valence-electron chi connectivity index (χ4n) is 2.66. The summed E-state index contributed by atoms with van der Waals surface area (Å²) in [7, 11) is 0. The Morgan fingerprint density at radius 3 is 1.97 bits per heavy atom. The van der Waals surface area contributed by atoms with Crippen molar-refractivity contribution in [2.75, 3.05) is 13.2 Å². The molecule has 11 heteroatoms. The first-order valence-electron chi connectivity index (χ1n) is 10.5. The monoisotopic (exact) mass is 481 g/mol. The molecular weight excluding hydrogens is 450 g/mol. The molecule has 0 aromatic carbocycles. The normalized spacial score (nSPS) is 14.1. The van der Waals surface area contributed by atoms with Gasteiger partial charge in [-0.2, -0.15) is 0 Å². The molecule has 0 fully saturated rings. The molecule has 1 aromatic heterocycles. The molecule has 1 aromatic rings. The topological polar surface area (TPSA) is 137 Å². The molecule has 0 saturated heterocycles. The number of hydrogen-bond donors (Lipinski definition) is 0. The molecule has 188 valence electrons. The molecule has 1 rings (SSSR count). The van der Waals surface area contributed by atoms with Gasteiger partial charge in [0.1, 0.15) is 25.4 Å². The van der Waals surface area contributed by atoms with Gasteiger partial charge in [-0.1, -0.05) is 12.6 Å². The van der Waals surface area contributed by atoms with Gasteiger partial charge in [0, 0.05) is 33.9 Å². The number of carbonyl (C=O) groups excluding carboxylic acids is 4. The standard InChI is InChI=1S/C23H31NO10/c1-7-20-9-8-19(10-24-20)11-31-23(14(2)32-17(5)27)34-22(13-30-16(4)26)21(33-18(6)28)12-29-15(3)25/h7-10,14,21-23H,1,11-13H2,2-6H3/t14-,21-,22?,23+/m0/s1. The third-order valence-electron chi connectivity index (χ3n) is 4.15. The molecule has 11 nitrogen and oxygen atoms in total. The second-order valence-electron chi connectivity index (χ2n) is 7.22. The average molecular weight is 481 g/mol. The smallest absolute Gasteiger partial charge is 0.303 e. The van der Waals surface area contributed by atoms with E-state index in [-0.39, 0.29) is 19.8 Å². The highest BCUT2D eigenvalue weighted by molar-refractivity contribution is 5.67. The van der Waals surface area contributed by atoms with Crippen LogP contribution in [0.4, 0.5) is 0 Å². The van der Waals surface area contributed by atoms with Gasteiger partial charge in [-0.3, -0.25) is 24.2 Å². The molecule has 1 heterocycles. The first-order chi connectivity index (χ1) is 16.0. The Morgan fingerprint density at radius 2 is 1.50 bits per heavy atom. The molecule has 0 aliphatic heterocycles. The van der Waals surface area contributed by atoms with Crippen LogP contribution < -0.4 is 0 Å². The summed E-state index contributed by atoms with van der Waals surface area (Å²) in [5.41, 5.74) is 1.38. The molecule has 1 unspecified atom stereocenters. The Labute approximate surface area is 198 Å². The van der Waals surface area contributed by atoms with E-state index >= 15 is 0 Å². The number of hydrogen-bond acceptors (Lipinski definition) is 11. The van der Waals surface area contributed by atoms with Crippen molar-refractivity contribution in [2.24, 2.45) is 0 Å². The van der Waals surface area contributed by atoms with Crippen LogP contribution in [0.5, 0.6) is 0 Å². The molecule has 0 aliphatic carbocycles. The molecule has 0 saturated carbocycles.